The predicted molar refractivity (Wildman–Crippen MR) is 79.4 cm³/mol. The number of alkyl halides is 3. The lowest BCUT2D eigenvalue weighted by atomic mass is 9.60. The van der Waals surface area contributed by atoms with E-state index in [1.165, 1.54) is 6.92 Å². The van der Waals surface area contributed by atoms with E-state index in [2.05, 4.69) is 4.89 Å². The Morgan fingerprint density at radius 3 is 2.58 bits per heavy atom. The molecule has 6 atom stereocenters. The molecule has 26 heavy (non-hydrogen) atoms. The molecule has 2 N–H and O–H groups in total. The molecule has 0 aromatic carbocycles. The highest BCUT2D eigenvalue weighted by atomic mass is 19.4. The molecule has 0 bridgehead atoms. The molecule has 2 heterocycles. The SMILES string of the molecule is C[C@@H]1CC[C@H]2C(C(=O)O)=C(C(F)(F)F)O[C@]34C[C@]23C1CCC(C)(OO)O4. The smallest absolute Gasteiger partial charge is 0.449 e. The van der Waals surface area contributed by atoms with E-state index in [1.807, 2.05) is 6.92 Å². The van der Waals surface area contributed by atoms with E-state index in [4.69, 9.17) is 9.47 Å². The van der Waals surface area contributed by atoms with Crippen LogP contribution in [0.1, 0.15) is 46.0 Å². The molecule has 2 aliphatic heterocycles. The number of ether oxygens (including phenoxy) is 2. The first-order chi connectivity index (χ1) is 12.0. The summed E-state index contributed by atoms with van der Waals surface area (Å²) in [6, 6.07) is 0. The van der Waals surface area contributed by atoms with E-state index < -0.39 is 46.4 Å². The van der Waals surface area contributed by atoms with Crippen LogP contribution in [0.15, 0.2) is 11.3 Å². The van der Waals surface area contributed by atoms with Crippen molar-refractivity contribution in [2.45, 2.75) is 63.7 Å². The van der Waals surface area contributed by atoms with Gasteiger partial charge in [0, 0.05) is 18.8 Å². The molecule has 9 heteroatoms. The fraction of sp³-hybridized carbons (Fsp3) is 0.824. The number of halogens is 3. The monoisotopic (exact) mass is 378 g/mol. The molecule has 146 valence electrons. The van der Waals surface area contributed by atoms with Gasteiger partial charge in [0.25, 0.3) is 0 Å². The van der Waals surface area contributed by atoms with Crippen LogP contribution in [0.4, 0.5) is 13.2 Å². The van der Waals surface area contributed by atoms with Crippen molar-refractivity contribution in [2.75, 3.05) is 0 Å². The third-order valence-electron chi connectivity index (χ3n) is 6.82. The van der Waals surface area contributed by atoms with Crippen LogP contribution < -0.4 is 0 Å². The van der Waals surface area contributed by atoms with Crippen LogP contribution >= 0.6 is 0 Å². The Morgan fingerprint density at radius 1 is 1.31 bits per heavy atom. The van der Waals surface area contributed by atoms with Crippen LogP contribution in [-0.2, 0) is 19.2 Å². The zero-order chi connectivity index (χ0) is 19.1. The molecule has 6 nitrogen and oxygen atoms in total. The van der Waals surface area contributed by atoms with Gasteiger partial charge in [-0.3, -0.25) is 0 Å². The highest BCUT2D eigenvalue weighted by Gasteiger charge is 2.84. The van der Waals surface area contributed by atoms with Crippen molar-refractivity contribution in [1.82, 2.24) is 0 Å². The first-order valence-electron chi connectivity index (χ1n) is 8.76. The van der Waals surface area contributed by atoms with Crippen LogP contribution in [0.3, 0.4) is 0 Å². The van der Waals surface area contributed by atoms with Crippen LogP contribution in [-0.4, -0.2) is 34.1 Å². The number of carboxylic acids is 1. The average molecular weight is 378 g/mol. The quantitative estimate of drug-likeness (QED) is 0.563. The summed E-state index contributed by atoms with van der Waals surface area (Å²) in [5.74, 6) is -6.88. The van der Waals surface area contributed by atoms with E-state index in [1.54, 1.807) is 0 Å². The fourth-order valence-electron chi connectivity index (χ4n) is 5.74. The maximum atomic E-state index is 13.6. The number of rotatable bonds is 2. The fourth-order valence-corrected chi connectivity index (χ4v) is 5.74. The van der Waals surface area contributed by atoms with Crippen molar-refractivity contribution >= 4 is 5.97 Å². The van der Waals surface area contributed by atoms with Gasteiger partial charge >= 0.3 is 12.1 Å². The molecule has 2 unspecified atom stereocenters. The van der Waals surface area contributed by atoms with Gasteiger partial charge < -0.3 is 14.6 Å². The second-order valence-corrected chi connectivity index (χ2v) is 8.20. The van der Waals surface area contributed by atoms with Gasteiger partial charge in [0.15, 0.2) is 0 Å². The topological polar surface area (TPSA) is 85.2 Å². The van der Waals surface area contributed by atoms with Gasteiger partial charge in [0.1, 0.15) is 0 Å². The molecule has 3 fully saturated rings. The van der Waals surface area contributed by atoms with E-state index in [0.717, 1.165) is 0 Å². The molecule has 1 saturated heterocycles. The summed E-state index contributed by atoms with van der Waals surface area (Å²) in [4.78, 5) is 16.2. The van der Waals surface area contributed by atoms with Crippen molar-refractivity contribution in [1.29, 1.82) is 0 Å². The van der Waals surface area contributed by atoms with E-state index in [-0.39, 0.29) is 24.7 Å². The molecule has 2 aliphatic carbocycles. The third kappa shape index (κ3) is 2.13. The molecule has 1 spiro atoms. The maximum Gasteiger partial charge on any atom is 0.449 e. The predicted octanol–water partition coefficient (Wildman–Crippen LogP) is 3.68. The second-order valence-electron chi connectivity index (χ2n) is 8.20. The molecule has 0 radical (unpaired) electrons. The first kappa shape index (κ1) is 18.1. The van der Waals surface area contributed by atoms with Gasteiger partial charge in [-0.25, -0.2) is 14.9 Å². The molecule has 4 rings (SSSR count). The molecular formula is C17H21F3O6. The van der Waals surface area contributed by atoms with Crippen LogP contribution in [0.2, 0.25) is 0 Å². The minimum Gasteiger partial charge on any atom is -0.478 e. The Bertz CT molecular complexity index is 690. The zero-order valence-electron chi connectivity index (χ0n) is 14.4. The summed E-state index contributed by atoms with van der Waals surface area (Å²) in [6.07, 6.45) is -2.98. The standard InChI is InChI=1S/C17H21F3O6/c1-8-3-4-10-11(13(21)22)12(17(18,19)20)24-16-7-15(10,16)9(8)5-6-14(2,25-16)26-23/h8-10,23H,3-7H2,1-2H3,(H,21,22)/t8-,9?,10+,14?,15+,16+/m1/s1. The number of carboxylic acid groups (broad SMARTS) is 1. The van der Waals surface area contributed by atoms with Crippen LogP contribution in [0.25, 0.3) is 0 Å². The lowest BCUT2D eigenvalue weighted by molar-refractivity contribution is -0.433. The average Bonchev–Trinajstić information content (AvgIpc) is 3.19. The van der Waals surface area contributed by atoms with Gasteiger partial charge in [-0.15, -0.1) is 0 Å². The number of hydrogen-bond donors (Lipinski definition) is 2. The lowest BCUT2D eigenvalue weighted by Gasteiger charge is -2.47. The second kappa shape index (κ2) is 5.14. The normalized spacial score (nSPS) is 47.4. The summed E-state index contributed by atoms with van der Waals surface area (Å²) in [6.45, 7) is 3.47. The minimum absolute atomic E-state index is 0.0673. The highest BCUT2D eigenvalue weighted by molar-refractivity contribution is 5.89. The van der Waals surface area contributed by atoms with Crippen molar-refractivity contribution < 1.29 is 42.7 Å². The van der Waals surface area contributed by atoms with Crippen molar-refractivity contribution in [3.05, 3.63) is 11.3 Å². The Kier molecular flexibility index (Phi) is 3.57. The minimum atomic E-state index is -4.94. The lowest BCUT2D eigenvalue weighted by Crippen LogP contribution is -2.50. The van der Waals surface area contributed by atoms with Crippen LogP contribution in [0.5, 0.6) is 0 Å². The largest absolute Gasteiger partial charge is 0.478 e. The van der Waals surface area contributed by atoms with Gasteiger partial charge in [-0.1, -0.05) is 6.92 Å². The van der Waals surface area contributed by atoms with Crippen molar-refractivity contribution in [3.8, 4) is 0 Å². The number of hydrogen-bond acceptors (Lipinski definition) is 5. The highest BCUT2D eigenvalue weighted by Crippen LogP contribution is 2.79. The van der Waals surface area contributed by atoms with Crippen LogP contribution in [0, 0.1) is 23.2 Å². The van der Waals surface area contributed by atoms with E-state index in [9.17, 15) is 28.3 Å². The molecule has 0 aromatic heterocycles. The van der Waals surface area contributed by atoms with E-state index >= 15 is 0 Å². The van der Waals surface area contributed by atoms with E-state index in [0.29, 0.717) is 19.3 Å². The summed E-state index contributed by atoms with van der Waals surface area (Å²) in [7, 11) is 0. The summed E-state index contributed by atoms with van der Waals surface area (Å²) >= 11 is 0. The van der Waals surface area contributed by atoms with Gasteiger partial charge in [-0.05, 0) is 38.0 Å². The molecule has 2 saturated carbocycles. The van der Waals surface area contributed by atoms with Gasteiger partial charge in [0.2, 0.25) is 17.3 Å². The zero-order valence-corrected chi connectivity index (χ0v) is 14.4. The Labute approximate surface area is 147 Å². The molecule has 0 amide bonds. The third-order valence-corrected chi connectivity index (χ3v) is 6.82. The molecule has 4 aliphatic rings. The Balaban J connectivity index is 1.90. The maximum absolute atomic E-state index is 13.6. The number of carbonyl (C=O) groups is 1. The Hall–Kier alpha value is -1.32. The molecule has 0 aromatic rings. The summed E-state index contributed by atoms with van der Waals surface area (Å²) in [5, 5.41) is 18.8. The first-order valence-corrected chi connectivity index (χ1v) is 8.76. The van der Waals surface area contributed by atoms with Crippen molar-refractivity contribution in [2.24, 2.45) is 23.2 Å². The van der Waals surface area contributed by atoms with Gasteiger partial charge in [-0.2, -0.15) is 13.2 Å². The number of aliphatic carboxylic acids is 1. The Morgan fingerprint density at radius 2 is 2.00 bits per heavy atom. The molecular weight excluding hydrogens is 357 g/mol. The van der Waals surface area contributed by atoms with Crippen molar-refractivity contribution in [3.63, 3.8) is 0 Å². The summed E-state index contributed by atoms with van der Waals surface area (Å²) < 4.78 is 51.9. The number of allylic oxidation sites excluding steroid dienone is 1. The van der Waals surface area contributed by atoms with Gasteiger partial charge in [0.05, 0.1) is 11.0 Å². The summed E-state index contributed by atoms with van der Waals surface area (Å²) in [5.41, 5.74) is -1.52.